The van der Waals surface area contributed by atoms with Crippen LogP contribution in [0.5, 0.6) is 0 Å². The molecular weight excluding hydrogens is 410 g/mol. The summed E-state index contributed by atoms with van der Waals surface area (Å²) >= 11 is 0. The summed E-state index contributed by atoms with van der Waals surface area (Å²) in [6, 6.07) is 27.1. The predicted molar refractivity (Wildman–Crippen MR) is 129 cm³/mol. The highest BCUT2D eigenvalue weighted by Gasteiger charge is 2.17. The molecule has 0 saturated carbocycles. The summed E-state index contributed by atoms with van der Waals surface area (Å²) in [5.41, 5.74) is 4.45. The van der Waals surface area contributed by atoms with Crippen LogP contribution >= 0.6 is 0 Å². The molecule has 2 aromatic carbocycles. The quantitative estimate of drug-likeness (QED) is 0.369. The minimum atomic E-state index is -0.211. The van der Waals surface area contributed by atoms with Crippen LogP contribution in [0.2, 0.25) is 0 Å². The monoisotopic (exact) mass is 427 g/mol. The molecule has 0 saturated heterocycles. The van der Waals surface area contributed by atoms with Gasteiger partial charge in [-0.1, -0.05) is 60.7 Å². The van der Waals surface area contributed by atoms with Gasteiger partial charge in [-0.3, -0.25) is 14.8 Å². The van der Waals surface area contributed by atoms with E-state index in [4.69, 9.17) is 9.97 Å². The second-order valence-electron chi connectivity index (χ2n) is 7.60. The molecule has 4 aromatic heterocycles. The maximum Gasteiger partial charge on any atom is 0.266 e. The molecule has 0 atom stereocenters. The number of nitrogens with zero attached hydrogens (tertiary/aromatic N) is 5. The zero-order chi connectivity index (χ0) is 22.2. The van der Waals surface area contributed by atoms with Crippen LogP contribution < -0.4 is 5.56 Å². The van der Waals surface area contributed by atoms with Crippen molar-refractivity contribution >= 4 is 21.8 Å². The minimum absolute atomic E-state index is 0.211. The van der Waals surface area contributed by atoms with Gasteiger partial charge in [0, 0.05) is 35.1 Å². The topological polar surface area (TPSA) is 73.6 Å². The lowest BCUT2D eigenvalue weighted by Gasteiger charge is -2.13. The molecule has 0 aliphatic heterocycles. The highest BCUT2D eigenvalue weighted by atomic mass is 16.1. The molecule has 0 unspecified atom stereocenters. The van der Waals surface area contributed by atoms with Crippen molar-refractivity contribution < 1.29 is 0 Å². The van der Waals surface area contributed by atoms with Gasteiger partial charge >= 0.3 is 0 Å². The van der Waals surface area contributed by atoms with Crippen LogP contribution in [0.25, 0.3) is 50.3 Å². The van der Waals surface area contributed by atoms with Crippen molar-refractivity contribution in [1.82, 2.24) is 24.5 Å². The number of rotatable bonds is 3. The van der Waals surface area contributed by atoms with Crippen LogP contribution in [0, 0.1) is 0 Å². The van der Waals surface area contributed by atoms with E-state index in [0.717, 1.165) is 22.5 Å². The van der Waals surface area contributed by atoms with Gasteiger partial charge in [-0.05, 0) is 24.3 Å². The molecule has 0 radical (unpaired) electrons. The van der Waals surface area contributed by atoms with Crippen molar-refractivity contribution in [1.29, 1.82) is 0 Å². The number of hydrogen-bond acceptors (Lipinski definition) is 5. The van der Waals surface area contributed by atoms with Crippen LogP contribution in [-0.4, -0.2) is 24.5 Å². The van der Waals surface area contributed by atoms with Gasteiger partial charge in [-0.15, -0.1) is 0 Å². The third-order valence-corrected chi connectivity index (χ3v) is 5.59. The number of fused-ring (bicyclic) bond motifs is 3. The molecule has 6 rings (SSSR count). The number of aromatic nitrogens is 5. The van der Waals surface area contributed by atoms with E-state index < -0.39 is 0 Å². The fourth-order valence-corrected chi connectivity index (χ4v) is 4.03. The van der Waals surface area contributed by atoms with Crippen molar-refractivity contribution in [2.24, 2.45) is 0 Å². The van der Waals surface area contributed by atoms with Gasteiger partial charge in [0.1, 0.15) is 0 Å². The lowest BCUT2D eigenvalue weighted by atomic mass is 10.1. The molecule has 6 nitrogen and oxygen atoms in total. The first-order valence-electron chi connectivity index (χ1n) is 10.5. The van der Waals surface area contributed by atoms with Gasteiger partial charge in [0.25, 0.3) is 5.56 Å². The Balaban J connectivity index is 1.72. The van der Waals surface area contributed by atoms with Crippen LogP contribution in [0.1, 0.15) is 0 Å². The number of hydrogen-bond donors (Lipinski definition) is 0. The third kappa shape index (κ3) is 3.25. The summed E-state index contributed by atoms with van der Waals surface area (Å²) in [4.78, 5) is 32.1. The smallest absolute Gasteiger partial charge is 0.266 e. The van der Waals surface area contributed by atoms with E-state index in [1.54, 1.807) is 35.3 Å². The van der Waals surface area contributed by atoms with Crippen molar-refractivity contribution in [2.45, 2.75) is 0 Å². The van der Waals surface area contributed by atoms with E-state index >= 15 is 0 Å². The summed E-state index contributed by atoms with van der Waals surface area (Å²) in [6.45, 7) is 0. The van der Waals surface area contributed by atoms with Gasteiger partial charge in [-0.25, -0.2) is 14.5 Å². The van der Waals surface area contributed by atoms with Crippen LogP contribution in [0.3, 0.4) is 0 Å². The van der Waals surface area contributed by atoms with E-state index in [9.17, 15) is 4.79 Å². The molecule has 6 aromatic rings. The second kappa shape index (κ2) is 7.76. The van der Waals surface area contributed by atoms with Gasteiger partial charge in [-0.2, -0.15) is 0 Å². The first kappa shape index (κ1) is 19.0. The summed E-state index contributed by atoms with van der Waals surface area (Å²) in [5, 5.41) is 1.23. The standard InChI is InChI=1S/C27H17N5O/c33-26-20-13-15-28-17-21(20)25-24(12-7-14-29-25)32(26)27-30-22(18-8-3-1-4-9-18)16-23(31-27)19-10-5-2-6-11-19/h1-17H. The molecule has 0 amide bonds. The fraction of sp³-hybridized carbons (Fsp3) is 0. The Hall–Kier alpha value is -4.71. The molecule has 0 spiro atoms. The lowest BCUT2D eigenvalue weighted by Crippen LogP contribution is -2.22. The molecule has 0 bridgehead atoms. The van der Waals surface area contributed by atoms with Gasteiger partial charge in [0.2, 0.25) is 5.95 Å². The summed E-state index contributed by atoms with van der Waals surface area (Å²) in [5.74, 6) is 0.303. The highest BCUT2D eigenvalue weighted by Crippen LogP contribution is 2.27. The summed E-state index contributed by atoms with van der Waals surface area (Å²) < 4.78 is 1.55. The maximum absolute atomic E-state index is 13.7. The maximum atomic E-state index is 13.7. The van der Waals surface area contributed by atoms with Crippen molar-refractivity contribution in [2.75, 3.05) is 0 Å². The zero-order valence-electron chi connectivity index (χ0n) is 17.5. The Kier molecular flexibility index (Phi) is 4.47. The minimum Gasteiger partial charge on any atom is -0.268 e. The summed E-state index contributed by atoms with van der Waals surface area (Å²) in [7, 11) is 0. The average Bonchev–Trinajstić information content (AvgIpc) is 2.90. The van der Waals surface area contributed by atoms with Gasteiger partial charge in [0.05, 0.1) is 27.8 Å². The van der Waals surface area contributed by atoms with E-state index in [1.165, 1.54) is 0 Å². The number of pyridine rings is 3. The first-order valence-corrected chi connectivity index (χ1v) is 10.5. The third-order valence-electron chi connectivity index (χ3n) is 5.59. The Morgan fingerprint density at radius 1 is 0.667 bits per heavy atom. The Morgan fingerprint density at radius 2 is 1.33 bits per heavy atom. The van der Waals surface area contributed by atoms with Crippen molar-refractivity contribution in [3.05, 3.63) is 114 Å². The zero-order valence-corrected chi connectivity index (χ0v) is 17.5. The Bertz CT molecular complexity index is 1620. The fourth-order valence-electron chi connectivity index (χ4n) is 4.03. The van der Waals surface area contributed by atoms with Crippen molar-refractivity contribution in [3.8, 4) is 28.5 Å². The van der Waals surface area contributed by atoms with Gasteiger partial charge in [0.15, 0.2) is 0 Å². The number of benzene rings is 2. The van der Waals surface area contributed by atoms with Crippen LogP contribution in [-0.2, 0) is 0 Å². The van der Waals surface area contributed by atoms with Crippen LogP contribution in [0.15, 0.2) is 108 Å². The largest absolute Gasteiger partial charge is 0.268 e. The molecule has 0 N–H and O–H groups in total. The second-order valence-corrected chi connectivity index (χ2v) is 7.60. The molecule has 6 heteroatoms. The molecular formula is C27H17N5O. The van der Waals surface area contributed by atoms with E-state index in [1.807, 2.05) is 72.8 Å². The lowest BCUT2D eigenvalue weighted by molar-refractivity contribution is 0.932. The molecule has 4 heterocycles. The predicted octanol–water partition coefficient (Wildman–Crippen LogP) is 5.06. The van der Waals surface area contributed by atoms with E-state index in [-0.39, 0.29) is 5.56 Å². The molecule has 156 valence electrons. The Labute approximate surface area is 188 Å². The average molecular weight is 427 g/mol. The normalized spacial score (nSPS) is 11.2. The molecule has 33 heavy (non-hydrogen) atoms. The van der Waals surface area contributed by atoms with E-state index in [0.29, 0.717) is 27.8 Å². The van der Waals surface area contributed by atoms with E-state index in [2.05, 4.69) is 9.97 Å². The summed E-state index contributed by atoms with van der Waals surface area (Å²) in [6.07, 6.45) is 4.99. The SMILES string of the molecule is O=c1c2ccncc2c2ncccc2n1-c1nc(-c2ccccc2)cc(-c2ccccc2)n1. The molecule has 0 fully saturated rings. The van der Waals surface area contributed by atoms with Gasteiger partial charge < -0.3 is 0 Å². The molecule has 0 aliphatic rings. The Morgan fingerprint density at radius 3 is 2.00 bits per heavy atom. The first-order chi connectivity index (χ1) is 16.3. The van der Waals surface area contributed by atoms with Crippen LogP contribution in [0.4, 0.5) is 0 Å². The highest BCUT2D eigenvalue weighted by molar-refractivity contribution is 6.03. The van der Waals surface area contributed by atoms with Crippen molar-refractivity contribution in [3.63, 3.8) is 0 Å². The molecule has 0 aliphatic carbocycles.